The molecule has 8 nitrogen and oxygen atoms in total. The van der Waals surface area contributed by atoms with E-state index in [4.69, 9.17) is 18.6 Å². The molecule has 1 aromatic heterocycles. The summed E-state index contributed by atoms with van der Waals surface area (Å²) in [5.41, 5.74) is 3.91. The first-order valence-corrected chi connectivity index (χ1v) is 18.9. The number of aromatic hydroxyl groups is 1. The number of hydrogen-bond donors (Lipinski definition) is 1. The topological polar surface area (TPSA) is 84.6 Å². The summed E-state index contributed by atoms with van der Waals surface area (Å²) in [4.78, 5) is 19.3. The fraction of sp³-hybridized carbons (Fsp3) is 0.595. The molecule has 0 bridgehead atoms. The summed E-state index contributed by atoms with van der Waals surface area (Å²) < 4.78 is 25.0. The van der Waals surface area contributed by atoms with E-state index in [2.05, 4.69) is 43.6 Å². The van der Waals surface area contributed by atoms with Crippen molar-refractivity contribution in [2.45, 2.75) is 107 Å². The number of nitrogens with zero attached hydrogens (tertiary/aromatic N) is 2. The summed E-state index contributed by atoms with van der Waals surface area (Å²) in [6, 6.07) is 3.54. The predicted molar refractivity (Wildman–Crippen MR) is 209 cm³/mol. The van der Waals surface area contributed by atoms with Crippen LogP contribution in [0.3, 0.4) is 0 Å². The second-order valence-electron chi connectivity index (χ2n) is 13.6. The Morgan fingerprint density at radius 1 is 0.700 bits per heavy atom. The first-order valence-electron chi connectivity index (χ1n) is 18.9. The van der Waals surface area contributed by atoms with Crippen molar-refractivity contribution in [1.82, 2.24) is 9.80 Å². The molecule has 0 amide bonds. The molecule has 0 spiro atoms. The van der Waals surface area contributed by atoms with E-state index < -0.39 is 0 Å². The van der Waals surface area contributed by atoms with Crippen LogP contribution in [0.25, 0.3) is 21.9 Å². The van der Waals surface area contributed by atoms with Crippen molar-refractivity contribution in [3.8, 4) is 23.0 Å². The first kappa shape index (κ1) is 40.9. The number of allylic oxidation sites excluding steroid dienone is 4. The third-order valence-corrected chi connectivity index (χ3v) is 9.49. The number of hydrogen-bond acceptors (Lipinski definition) is 8. The Labute approximate surface area is 301 Å². The van der Waals surface area contributed by atoms with Crippen molar-refractivity contribution in [2.24, 2.45) is 0 Å². The normalized spacial score (nSPS) is 11.5. The van der Waals surface area contributed by atoms with E-state index in [0.29, 0.717) is 65.4 Å². The highest BCUT2D eigenvalue weighted by Gasteiger charge is 2.24. The maximum absolute atomic E-state index is 14.4. The first-order chi connectivity index (χ1) is 24.1. The zero-order valence-corrected chi connectivity index (χ0v) is 32.5. The van der Waals surface area contributed by atoms with Gasteiger partial charge in [-0.3, -0.25) is 4.79 Å². The van der Waals surface area contributed by atoms with Gasteiger partial charge in [-0.1, -0.05) is 51.0 Å². The minimum absolute atomic E-state index is 0.0932. The quantitative estimate of drug-likeness (QED) is 0.0598. The molecule has 0 aliphatic rings. The Morgan fingerprint density at radius 2 is 1.18 bits per heavy atom. The van der Waals surface area contributed by atoms with Crippen LogP contribution in [0.5, 0.6) is 23.0 Å². The molecule has 0 saturated carbocycles. The monoisotopic (exact) mass is 692 g/mol. The Balaban J connectivity index is 2.04. The molecule has 0 radical (unpaired) electrons. The van der Waals surface area contributed by atoms with Gasteiger partial charge in [0.15, 0.2) is 11.5 Å². The fourth-order valence-electron chi connectivity index (χ4n) is 6.34. The van der Waals surface area contributed by atoms with Gasteiger partial charge < -0.3 is 33.5 Å². The van der Waals surface area contributed by atoms with E-state index in [1.807, 2.05) is 33.8 Å². The van der Waals surface area contributed by atoms with Crippen molar-refractivity contribution < 1.29 is 23.7 Å². The molecule has 278 valence electrons. The molecule has 2 aromatic carbocycles. The zero-order valence-electron chi connectivity index (χ0n) is 32.5. The average Bonchev–Trinajstić information content (AvgIpc) is 3.09. The molecule has 0 aliphatic carbocycles. The zero-order chi connectivity index (χ0) is 36.6. The van der Waals surface area contributed by atoms with E-state index in [9.17, 15) is 9.90 Å². The lowest BCUT2D eigenvalue weighted by Crippen LogP contribution is -2.23. The number of phenols is 1. The van der Waals surface area contributed by atoms with Crippen LogP contribution in [0.4, 0.5) is 0 Å². The van der Waals surface area contributed by atoms with Crippen LogP contribution < -0.4 is 19.6 Å². The van der Waals surface area contributed by atoms with Gasteiger partial charge in [-0.05, 0) is 118 Å². The van der Waals surface area contributed by atoms with E-state index in [0.717, 1.165) is 88.9 Å². The van der Waals surface area contributed by atoms with Gasteiger partial charge >= 0.3 is 0 Å². The lowest BCUT2D eigenvalue weighted by molar-refractivity contribution is 0.269. The molecule has 0 unspecified atom stereocenters. The highest BCUT2D eigenvalue weighted by atomic mass is 16.5. The van der Waals surface area contributed by atoms with Gasteiger partial charge in [0.1, 0.15) is 28.1 Å². The number of phenolic OH excluding ortho intramolecular Hbond substituents is 1. The van der Waals surface area contributed by atoms with Gasteiger partial charge in [-0.25, -0.2) is 0 Å². The predicted octanol–water partition coefficient (Wildman–Crippen LogP) is 9.46. The summed E-state index contributed by atoms with van der Waals surface area (Å²) in [5, 5.41) is 12.3. The summed E-state index contributed by atoms with van der Waals surface area (Å²) in [6.45, 7) is 24.3. The van der Waals surface area contributed by atoms with Crippen LogP contribution in [0, 0.1) is 0 Å². The van der Waals surface area contributed by atoms with E-state index in [1.54, 1.807) is 19.2 Å². The van der Waals surface area contributed by atoms with Crippen LogP contribution in [-0.2, 0) is 12.8 Å². The van der Waals surface area contributed by atoms with E-state index >= 15 is 0 Å². The third kappa shape index (κ3) is 11.3. The molecular formula is C42H64N2O6. The number of fused-ring (bicyclic) bond motifs is 2. The Hall–Kier alpha value is -3.49. The lowest BCUT2D eigenvalue weighted by atomic mass is 9.98. The van der Waals surface area contributed by atoms with E-state index in [-0.39, 0.29) is 22.1 Å². The molecule has 8 heteroatoms. The standard InChI is InChI=1S/C42H64N2O6/c1-10-43(11-2)24-16-14-18-26-48-34-28-36-39(40(45)32(34)22-20-30(5)6)41(46)38-33(23-21-31(7)8)42(47-9)37(29-35(38)50-36)49-27-19-15-17-25-44(12-3)13-4/h20-21,28-29,45H,10-19,22-27H2,1-9H3. The third-order valence-electron chi connectivity index (χ3n) is 9.49. The van der Waals surface area contributed by atoms with Gasteiger partial charge in [0.25, 0.3) is 0 Å². The average molecular weight is 693 g/mol. The van der Waals surface area contributed by atoms with Gasteiger partial charge in [0.05, 0.1) is 25.7 Å². The SMILES string of the molecule is CCN(CC)CCCCCOc1cc2oc3cc(OCCCCCN(CC)CC)c(OC)c(CC=C(C)C)c3c(=O)c2c(O)c1CC=C(C)C. The largest absolute Gasteiger partial charge is 0.507 e. The highest BCUT2D eigenvalue weighted by molar-refractivity contribution is 5.98. The molecular weight excluding hydrogens is 628 g/mol. The Morgan fingerprint density at radius 3 is 1.68 bits per heavy atom. The van der Waals surface area contributed by atoms with Crippen LogP contribution in [0.2, 0.25) is 0 Å². The smallest absolute Gasteiger partial charge is 0.204 e. The van der Waals surface area contributed by atoms with Crippen LogP contribution in [0.1, 0.15) is 105 Å². The van der Waals surface area contributed by atoms with Gasteiger partial charge in [0, 0.05) is 23.3 Å². The number of ether oxygens (including phenoxy) is 3. The number of methoxy groups -OCH3 is 1. The minimum Gasteiger partial charge on any atom is -0.507 e. The second kappa shape index (κ2) is 21.0. The fourth-order valence-corrected chi connectivity index (χ4v) is 6.34. The van der Waals surface area contributed by atoms with Crippen molar-refractivity contribution in [1.29, 1.82) is 0 Å². The van der Waals surface area contributed by atoms with Gasteiger partial charge in [0.2, 0.25) is 5.43 Å². The van der Waals surface area contributed by atoms with Gasteiger partial charge in [-0.2, -0.15) is 0 Å². The molecule has 3 rings (SSSR count). The van der Waals surface area contributed by atoms with Crippen molar-refractivity contribution in [3.05, 3.63) is 56.8 Å². The molecule has 50 heavy (non-hydrogen) atoms. The number of benzene rings is 2. The van der Waals surface area contributed by atoms with Crippen LogP contribution in [-0.4, -0.2) is 74.5 Å². The number of rotatable bonds is 23. The Bertz CT molecular complexity index is 1620. The van der Waals surface area contributed by atoms with Crippen LogP contribution >= 0.6 is 0 Å². The van der Waals surface area contributed by atoms with Crippen molar-refractivity contribution in [2.75, 3.05) is 59.6 Å². The molecule has 1 N–H and O–H groups in total. The maximum atomic E-state index is 14.4. The van der Waals surface area contributed by atoms with Crippen molar-refractivity contribution in [3.63, 3.8) is 0 Å². The number of unbranched alkanes of at least 4 members (excludes halogenated alkanes) is 4. The molecule has 3 aromatic rings. The summed E-state index contributed by atoms with van der Waals surface area (Å²) >= 11 is 0. The molecule has 0 aliphatic heterocycles. The lowest BCUT2D eigenvalue weighted by Gasteiger charge is -2.19. The second-order valence-corrected chi connectivity index (χ2v) is 13.6. The Kier molecular flexibility index (Phi) is 17.2. The minimum atomic E-state index is -0.293. The van der Waals surface area contributed by atoms with Crippen LogP contribution in [0.15, 0.2) is 44.6 Å². The summed E-state index contributed by atoms with van der Waals surface area (Å²) in [5.74, 6) is 1.52. The molecule has 0 atom stereocenters. The van der Waals surface area contributed by atoms with E-state index in [1.165, 1.54) is 0 Å². The molecule has 1 heterocycles. The summed E-state index contributed by atoms with van der Waals surface area (Å²) in [7, 11) is 1.61. The maximum Gasteiger partial charge on any atom is 0.204 e. The van der Waals surface area contributed by atoms with Crippen molar-refractivity contribution >= 4 is 21.9 Å². The molecule has 0 fully saturated rings. The highest BCUT2D eigenvalue weighted by Crippen LogP contribution is 2.41. The van der Waals surface area contributed by atoms with Gasteiger partial charge in [-0.15, -0.1) is 0 Å². The summed E-state index contributed by atoms with van der Waals surface area (Å²) in [6.07, 6.45) is 11.1. The molecule has 0 saturated heterocycles.